The summed E-state index contributed by atoms with van der Waals surface area (Å²) in [6, 6.07) is 5.06. The number of nitrogens with one attached hydrogen (secondary N) is 3. The first-order valence-corrected chi connectivity index (χ1v) is 10.1. The molecule has 0 aliphatic carbocycles. The Kier molecular flexibility index (Phi) is 7.41. The van der Waals surface area contributed by atoms with E-state index in [9.17, 15) is 30.8 Å². The van der Waals surface area contributed by atoms with Gasteiger partial charge in [0.05, 0.1) is 6.54 Å². The average Bonchev–Trinajstić information content (AvgIpc) is 2.64. The molecular weight excluding hydrogens is 418 g/mol. The topological polar surface area (TPSA) is 103 Å². The molecule has 162 valence electrons. The Labute approximate surface area is 165 Å². The number of hydrogen-bond donors (Lipinski definition) is 3. The highest BCUT2D eigenvalue weighted by atomic mass is 32.2. The molecule has 1 saturated heterocycles. The highest BCUT2D eigenvalue weighted by Crippen LogP contribution is 2.28. The van der Waals surface area contributed by atoms with Crippen LogP contribution in [-0.2, 0) is 14.8 Å². The van der Waals surface area contributed by atoms with Gasteiger partial charge in [-0.15, -0.1) is 0 Å². The standard InChI is InChI=1S/C16H21F4N5O3S/c1-21-15(22-10-14(26)23-13-4-2-3-11(17)9-13)24-12-5-7-25(8-6-12)29(27,28)16(18,19)20/h2-4,9,12H,5-8,10H2,1H3,(H,23,26)(H2,21,22,24). The third-order valence-electron chi connectivity index (χ3n) is 4.18. The number of amides is 1. The molecule has 0 radical (unpaired) electrons. The van der Waals surface area contributed by atoms with Crippen molar-refractivity contribution in [2.24, 2.45) is 4.99 Å². The molecule has 1 amide bonds. The van der Waals surface area contributed by atoms with Crippen LogP contribution in [0.4, 0.5) is 23.2 Å². The zero-order chi connectivity index (χ0) is 21.7. The fraction of sp³-hybridized carbons (Fsp3) is 0.500. The van der Waals surface area contributed by atoms with Crippen LogP contribution >= 0.6 is 0 Å². The zero-order valence-corrected chi connectivity index (χ0v) is 16.3. The lowest BCUT2D eigenvalue weighted by Gasteiger charge is -2.32. The first-order chi connectivity index (χ1) is 13.5. The van der Waals surface area contributed by atoms with Crippen molar-refractivity contribution in [3.63, 3.8) is 0 Å². The van der Waals surface area contributed by atoms with Crippen molar-refractivity contribution in [3.8, 4) is 0 Å². The van der Waals surface area contributed by atoms with Crippen LogP contribution in [0.1, 0.15) is 12.8 Å². The summed E-state index contributed by atoms with van der Waals surface area (Å²) in [6.45, 7) is -0.745. The van der Waals surface area contributed by atoms with Gasteiger partial charge in [0, 0.05) is 31.9 Å². The van der Waals surface area contributed by atoms with E-state index in [4.69, 9.17) is 0 Å². The number of carbonyl (C=O) groups is 1. The van der Waals surface area contributed by atoms with Gasteiger partial charge in [-0.25, -0.2) is 12.8 Å². The lowest BCUT2D eigenvalue weighted by atomic mass is 10.1. The van der Waals surface area contributed by atoms with Gasteiger partial charge in [0.25, 0.3) is 0 Å². The Balaban J connectivity index is 1.80. The fourth-order valence-corrected chi connectivity index (χ4v) is 3.69. The van der Waals surface area contributed by atoms with E-state index in [0.29, 0.717) is 4.31 Å². The van der Waals surface area contributed by atoms with Gasteiger partial charge in [0.15, 0.2) is 5.96 Å². The quantitative estimate of drug-likeness (QED) is 0.364. The number of rotatable bonds is 5. The monoisotopic (exact) mass is 439 g/mol. The van der Waals surface area contributed by atoms with Crippen molar-refractivity contribution in [1.29, 1.82) is 0 Å². The molecular formula is C16H21F4N5O3S. The second-order valence-electron chi connectivity index (χ2n) is 6.25. The van der Waals surface area contributed by atoms with Crippen molar-refractivity contribution in [1.82, 2.24) is 14.9 Å². The molecule has 0 atom stereocenters. The number of carbonyl (C=O) groups excluding carboxylic acids is 1. The Bertz CT molecular complexity index is 852. The van der Waals surface area contributed by atoms with Gasteiger partial charge >= 0.3 is 15.5 Å². The minimum atomic E-state index is -5.33. The molecule has 0 aromatic heterocycles. The minimum absolute atomic E-state index is 0.144. The molecule has 1 heterocycles. The molecule has 13 heteroatoms. The van der Waals surface area contributed by atoms with E-state index in [0.717, 1.165) is 6.07 Å². The predicted octanol–water partition coefficient (Wildman–Crippen LogP) is 1.24. The van der Waals surface area contributed by atoms with E-state index < -0.39 is 27.3 Å². The first-order valence-electron chi connectivity index (χ1n) is 8.62. The summed E-state index contributed by atoms with van der Waals surface area (Å²) < 4.78 is 74.2. The van der Waals surface area contributed by atoms with Crippen LogP contribution in [0.15, 0.2) is 29.3 Å². The highest BCUT2D eigenvalue weighted by molar-refractivity contribution is 7.90. The van der Waals surface area contributed by atoms with Crippen LogP contribution in [0.5, 0.6) is 0 Å². The number of benzene rings is 1. The molecule has 1 aliphatic rings. The molecule has 3 N–H and O–H groups in total. The largest absolute Gasteiger partial charge is 0.511 e. The molecule has 29 heavy (non-hydrogen) atoms. The first kappa shape index (κ1) is 22.9. The minimum Gasteiger partial charge on any atom is -0.354 e. The van der Waals surface area contributed by atoms with Crippen molar-refractivity contribution >= 4 is 27.6 Å². The summed E-state index contributed by atoms with van der Waals surface area (Å²) in [5.41, 5.74) is -5.03. The molecule has 1 aromatic carbocycles. The van der Waals surface area contributed by atoms with Crippen molar-refractivity contribution in [3.05, 3.63) is 30.1 Å². The number of aliphatic imine (C=N–C) groups is 1. The van der Waals surface area contributed by atoms with Gasteiger partial charge in [-0.1, -0.05) is 6.07 Å². The van der Waals surface area contributed by atoms with E-state index in [1.165, 1.54) is 25.2 Å². The molecule has 1 fully saturated rings. The maximum Gasteiger partial charge on any atom is 0.511 e. The summed E-state index contributed by atoms with van der Waals surface area (Å²) in [4.78, 5) is 15.8. The Morgan fingerprint density at radius 3 is 2.48 bits per heavy atom. The van der Waals surface area contributed by atoms with Crippen LogP contribution < -0.4 is 16.0 Å². The maximum atomic E-state index is 13.1. The van der Waals surface area contributed by atoms with Crippen molar-refractivity contribution in [2.75, 3.05) is 32.0 Å². The fourth-order valence-electron chi connectivity index (χ4n) is 2.71. The third kappa shape index (κ3) is 6.29. The maximum absolute atomic E-state index is 13.1. The summed E-state index contributed by atoms with van der Waals surface area (Å²) in [5, 5.41) is 8.18. The number of sulfonamides is 1. The summed E-state index contributed by atoms with van der Waals surface area (Å²) in [6.07, 6.45) is 0.289. The Hall–Kier alpha value is -2.41. The van der Waals surface area contributed by atoms with Crippen LogP contribution in [0, 0.1) is 5.82 Å². The number of guanidine groups is 1. The molecule has 8 nitrogen and oxygen atoms in total. The molecule has 0 unspecified atom stereocenters. The summed E-state index contributed by atoms with van der Waals surface area (Å²) >= 11 is 0. The lowest BCUT2D eigenvalue weighted by Crippen LogP contribution is -2.52. The van der Waals surface area contributed by atoms with Gasteiger partial charge in [-0.2, -0.15) is 17.5 Å². The number of halogens is 4. The Morgan fingerprint density at radius 1 is 1.28 bits per heavy atom. The third-order valence-corrected chi connectivity index (χ3v) is 5.81. The molecule has 0 saturated carbocycles. The van der Waals surface area contributed by atoms with E-state index >= 15 is 0 Å². The average molecular weight is 439 g/mol. The van der Waals surface area contributed by atoms with Gasteiger partial charge in [-0.05, 0) is 31.0 Å². The molecule has 1 aromatic rings. The molecule has 0 spiro atoms. The number of alkyl halides is 3. The molecule has 2 rings (SSSR count). The normalized spacial score (nSPS) is 17.1. The second kappa shape index (κ2) is 9.39. The van der Waals surface area contributed by atoms with E-state index in [1.54, 1.807) is 0 Å². The smallest absolute Gasteiger partial charge is 0.354 e. The van der Waals surface area contributed by atoms with Gasteiger partial charge in [0.1, 0.15) is 5.82 Å². The number of nitrogens with zero attached hydrogens (tertiary/aromatic N) is 2. The highest BCUT2D eigenvalue weighted by Gasteiger charge is 2.50. The SMILES string of the molecule is CN=C(NCC(=O)Nc1cccc(F)c1)NC1CCN(S(=O)(=O)C(F)(F)F)CC1. The predicted molar refractivity (Wildman–Crippen MR) is 99.1 cm³/mol. The lowest BCUT2D eigenvalue weighted by molar-refractivity contribution is -0.115. The summed E-state index contributed by atoms with van der Waals surface area (Å²) in [7, 11) is -3.88. The van der Waals surface area contributed by atoms with Crippen molar-refractivity contribution in [2.45, 2.75) is 24.4 Å². The zero-order valence-electron chi connectivity index (χ0n) is 15.5. The number of piperidine rings is 1. The van der Waals surface area contributed by atoms with E-state index in [-0.39, 0.29) is 50.2 Å². The van der Waals surface area contributed by atoms with Gasteiger partial charge in [0.2, 0.25) is 5.91 Å². The van der Waals surface area contributed by atoms with Gasteiger partial charge in [-0.3, -0.25) is 9.79 Å². The van der Waals surface area contributed by atoms with Crippen LogP contribution in [0.3, 0.4) is 0 Å². The van der Waals surface area contributed by atoms with Gasteiger partial charge < -0.3 is 16.0 Å². The number of anilines is 1. The van der Waals surface area contributed by atoms with Crippen LogP contribution in [-0.4, -0.2) is 62.8 Å². The van der Waals surface area contributed by atoms with Crippen LogP contribution in [0.25, 0.3) is 0 Å². The molecule has 0 bridgehead atoms. The molecule has 1 aliphatic heterocycles. The summed E-state index contributed by atoms with van der Waals surface area (Å²) in [5.74, 6) is -0.715. The number of hydrogen-bond acceptors (Lipinski definition) is 4. The van der Waals surface area contributed by atoms with Crippen LogP contribution in [0.2, 0.25) is 0 Å². The Morgan fingerprint density at radius 2 is 1.93 bits per heavy atom. The van der Waals surface area contributed by atoms with E-state index in [1.807, 2.05) is 0 Å². The van der Waals surface area contributed by atoms with Crippen molar-refractivity contribution < 1.29 is 30.8 Å². The second-order valence-corrected chi connectivity index (χ2v) is 8.18. The van der Waals surface area contributed by atoms with E-state index in [2.05, 4.69) is 20.9 Å².